The molecule has 0 heterocycles. The van der Waals surface area contributed by atoms with E-state index < -0.39 is 0 Å². The molecular weight excluding hydrogens is 239 g/mol. The van der Waals surface area contributed by atoms with Crippen molar-refractivity contribution in [2.75, 3.05) is 13.6 Å². The van der Waals surface area contributed by atoms with Gasteiger partial charge in [-0.3, -0.25) is 9.98 Å². The first-order chi connectivity index (χ1) is 4.81. The molecule has 0 aliphatic heterocycles. The maximum Gasteiger partial charge on any atom is 0.113 e. The zero-order valence-corrected chi connectivity index (χ0v) is 8.37. The van der Waals surface area contributed by atoms with Crippen LogP contribution in [0.5, 0.6) is 0 Å². The SMILES string of the molecule is C/C=C\CN=C(I)C=NC. The van der Waals surface area contributed by atoms with Crippen molar-refractivity contribution in [1.29, 1.82) is 0 Å². The molecule has 3 heteroatoms. The summed E-state index contributed by atoms with van der Waals surface area (Å²) in [7, 11) is 1.74. The molecule has 0 aromatic rings. The van der Waals surface area contributed by atoms with Crippen LogP contribution in [0.1, 0.15) is 6.92 Å². The Morgan fingerprint density at radius 1 is 1.60 bits per heavy atom. The molecule has 0 saturated heterocycles. The molecule has 10 heavy (non-hydrogen) atoms. The Hall–Kier alpha value is -0.190. The van der Waals surface area contributed by atoms with Gasteiger partial charge in [0.15, 0.2) is 0 Å². The van der Waals surface area contributed by atoms with E-state index in [9.17, 15) is 0 Å². The van der Waals surface area contributed by atoms with E-state index in [1.807, 2.05) is 19.1 Å². The summed E-state index contributed by atoms with van der Waals surface area (Å²) in [6.07, 6.45) is 5.72. The number of aliphatic imine (C=N–C) groups is 2. The number of allylic oxidation sites excluding steroid dienone is 1. The van der Waals surface area contributed by atoms with E-state index in [1.54, 1.807) is 13.3 Å². The van der Waals surface area contributed by atoms with Gasteiger partial charge in [0.1, 0.15) is 3.72 Å². The van der Waals surface area contributed by atoms with Gasteiger partial charge >= 0.3 is 0 Å². The third-order valence-corrected chi connectivity index (χ3v) is 1.44. The largest absolute Gasteiger partial charge is 0.294 e. The van der Waals surface area contributed by atoms with Crippen LogP contribution in [0.2, 0.25) is 0 Å². The van der Waals surface area contributed by atoms with E-state index in [4.69, 9.17) is 0 Å². The Morgan fingerprint density at radius 3 is 2.80 bits per heavy atom. The van der Waals surface area contributed by atoms with Crippen molar-refractivity contribution in [3.8, 4) is 0 Å². The summed E-state index contributed by atoms with van der Waals surface area (Å²) in [4.78, 5) is 8.00. The number of nitrogens with zero attached hydrogens (tertiary/aromatic N) is 2. The molecule has 0 rings (SSSR count). The second-order valence-corrected chi connectivity index (χ2v) is 2.72. The van der Waals surface area contributed by atoms with E-state index in [0.717, 1.165) is 10.3 Å². The second kappa shape index (κ2) is 6.92. The highest BCUT2D eigenvalue weighted by atomic mass is 127. The number of halogens is 1. The van der Waals surface area contributed by atoms with Gasteiger partial charge in [0.2, 0.25) is 0 Å². The lowest BCUT2D eigenvalue weighted by molar-refractivity contribution is 1.25. The maximum atomic E-state index is 4.17. The van der Waals surface area contributed by atoms with Gasteiger partial charge in [-0.05, 0) is 29.5 Å². The Kier molecular flexibility index (Phi) is 6.79. The normalized spacial score (nSPS) is 13.7. The van der Waals surface area contributed by atoms with Crippen LogP contribution in [-0.2, 0) is 0 Å². The van der Waals surface area contributed by atoms with Gasteiger partial charge in [-0.1, -0.05) is 12.2 Å². The molecule has 0 amide bonds. The molecule has 0 bridgehead atoms. The summed E-state index contributed by atoms with van der Waals surface area (Å²) in [6, 6.07) is 0. The predicted molar refractivity (Wildman–Crippen MR) is 55.6 cm³/mol. The lowest BCUT2D eigenvalue weighted by Crippen LogP contribution is -1.87. The van der Waals surface area contributed by atoms with E-state index in [-0.39, 0.29) is 0 Å². The van der Waals surface area contributed by atoms with Gasteiger partial charge in [-0.2, -0.15) is 0 Å². The summed E-state index contributed by atoms with van der Waals surface area (Å²) in [5, 5.41) is 0. The average Bonchev–Trinajstić information content (AvgIpc) is 1.89. The van der Waals surface area contributed by atoms with E-state index in [1.165, 1.54) is 0 Å². The molecule has 0 aromatic heterocycles. The topological polar surface area (TPSA) is 24.7 Å². The van der Waals surface area contributed by atoms with Crippen LogP contribution in [0.4, 0.5) is 0 Å². The minimum atomic E-state index is 0.751. The zero-order valence-electron chi connectivity index (χ0n) is 6.21. The third kappa shape index (κ3) is 5.94. The fourth-order valence-electron chi connectivity index (χ4n) is 0.393. The molecule has 0 aromatic carbocycles. The highest BCUT2D eigenvalue weighted by Crippen LogP contribution is 1.87. The van der Waals surface area contributed by atoms with Crippen LogP contribution in [0.15, 0.2) is 22.1 Å². The lowest BCUT2D eigenvalue weighted by Gasteiger charge is -1.84. The molecule has 0 radical (unpaired) electrons. The summed E-state index contributed by atoms with van der Waals surface area (Å²) in [6.45, 7) is 2.73. The van der Waals surface area contributed by atoms with E-state index >= 15 is 0 Å². The van der Waals surface area contributed by atoms with Crippen LogP contribution in [-0.4, -0.2) is 23.5 Å². The third-order valence-electron chi connectivity index (χ3n) is 0.819. The summed E-state index contributed by atoms with van der Waals surface area (Å²) in [5.74, 6) is 0. The van der Waals surface area contributed by atoms with Gasteiger partial charge in [-0.25, -0.2) is 0 Å². The average molecular weight is 250 g/mol. The second-order valence-electron chi connectivity index (χ2n) is 1.62. The van der Waals surface area contributed by atoms with Crippen molar-refractivity contribution in [3.05, 3.63) is 12.2 Å². The fraction of sp³-hybridized carbons (Fsp3) is 0.429. The molecular formula is C7H11IN2. The van der Waals surface area contributed by atoms with Gasteiger partial charge in [0.25, 0.3) is 0 Å². The van der Waals surface area contributed by atoms with Crippen LogP contribution in [0, 0.1) is 0 Å². The van der Waals surface area contributed by atoms with Crippen LogP contribution >= 0.6 is 22.6 Å². The van der Waals surface area contributed by atoms with E-state index in [2.05, 4.69) is 32.6 Å². The lowest BCUT2D eigenvalue weighted by atomic mass is 10.5. The molecule has 0 unspecified atom stereocenters. The predicted octanol–water partition coefficient (Wildman–Crippen LogP) is 2.10. The van der Waals surface area contributed by atoms with Crippen LogP contribution in [0.3, 0.4) is 0 Å². The van der Waals surface area contributed by atoms with Gasteiger partial charge < -0.3 is 0 Å². The van der Waals surface area contributed by atoms with Crippen molar-refractivity contribution in [3.63, 3.8) is 0 Å². The monoisotopic (exact) mass is 250 g/mol. The smallest absolute Gasteiger partial charge is 0.113 e. The fourth-order valence-corrected chi connectivity index (χ4v) is 0.868. The zero-order chi connectivity index (χ0) is 7.82. The van der Waals surface area contributed by atoms with Crippen molar-refractivity contribution < 1.29 is 0 Å². The highest BCUT2D eigenvalue weighted by molar-refractivity contribution is 14.1. The molecule has 0 N–H and O–H groups in total. The minimum absolute atomic E-state index is 0.751. The Labute approximate surface area is 75.3 Å². The van der Waals surface area contributed by atoms with Gasteiger partial charge in [0, 0.05) is 7.05 Å². The van der Waals surface area contributed by atoms with Gasteiger partial charge in [0.05, 0.1) is 12.8 Å². The van der Waals surface area contributed by atoms with Crippen molar-refractivity contribution in [2.45, 2.75) is 6.92 Å². The molecule has 0 atom stereocenters. The summed E-state index contributed by atoms with van der Waals surface area (Å²) < 4.78 is 0.943. The number of hydrogen-bond acceptors (Lipinski definition) is 2. The summed E-state index contributed by atoms with van der Waals surface area (Å²) >= 11 is 2.15. The van der Waals surface area contributed by atoms with Crippen LogP contribution in [0.25, 0.3) is 0 Å². The van der Waals surface area contributed by atoms with Crippen LogP contribution < -0.4 is 0 Å². The molecule has 2 nitrogen and oxygen atoms in total. The molecule has 0 aliphatic carbocycles. The molecule has 0 saturated carbocycles. The molecule has 0 fully saturated rings. The van der Waals surface area contributed by atoms with Gasteiger partial charge in [-0.15, -0.1) is 0 Å². The first kappa shape index (κ1) is 9.81. The van der Waals surface area contributed by atoms with Crippen molar-refractivity contribution >= 4 is 32.5 Å². The molecule has 0 aliphatic rings. The Bertz CT molecular complexity index is 159. The van der Waals surface area contributed by atoms with E-state index in [0.29, 0.717) is 0 Å². The standard InChI is InChI=1S/C7H11IN2/c1-3-4-5-10-7(8)6-9-2/h3-4,6H,5H2,1-2H3/b4-3-,9-6?,10-7?. The van der Waals surface area contributed by atoms with Crippen molar-refractivity contribution in [2.24, 2.45) is 9.98 Å². The van der Waals surface area contributed by atoms with Crippen molar-refractivity contribution in [1.82, 2.24) is 0 Å². The summed E-state index contributed by atoms with van der Waals surface area (Å²) in [5.41, 5.74) is 0. The first-order valence-electron chi connectivity index (χ1n) is 3.04. The first-order valence-corrected chi connectivity index (χ1v) is 4.12. The Morgan fingerprint density at radius 2 is 2.30 bits per heavy atom. The number of rotatable bonds is 3. The molecule has 56 valence electrons. The minimum Gasteiger partial charge on any atom is -0.294 e. The molecule has 0 spiro atoms. The Balaban J connectivity index is 3.68. The highest BCUT2D eigenvalue weighted by Gasteiger charge is 1.81. The number of hydrogen-bond donors (Lipinski definition) is 0. The quantitative estimate of drug-likeness (QED) is 0.416. The maximum absolute atomic E-state index is 4.17.